The monoisotopic (exact) mass is 482 g/mol. The largest absolute Gasteiger partial charge is 0.399 e. The van der Waals surface area contributed by atoms with Crippen LogP contribution in [0.25, 0.3) is 0 Å². The third kappa shape index (κ3) is 6.57. The molecule has 1 aromatic heterocycles. The van der Waals surface area contributed by atoms with Crippen LogP contribution in [0.5, 0.6) is 0 Å². The highest BCUT2D eigenvalue weighted by Gasteiger charge is 2.32. The van der Waals surface area contributed by atoms with E-state index < -0.39 is 0 Å². The van der Waals surface area contributed by atoms with Crippen molar-refractivity contribution >= 4 is 23.2 Å². The van der Waals surface area contributed by atoms with Gasteiger partial charge in [-0.15, -0.1) is 0 Å². The van der Waals surface area contributed by atoms with E-state index in [1.54, 1.807) is 7.11 Å². The molecule has 2 aromatic rings. The molecule has 1 aromatic carbocycles. The number of carbonyl (C=O) groups excluding carboxylic acids is 1. The second kappa shape index (κ2) is 12.3. The molecule has 0 spiro atoms. The molecule has 4 rings (SSSR count). The summed E-state index contributed by atoms with van der Waals surface area (Å²) in [6.45, 7) is 4.70. The fraction of sp³-hybridized carbons (Fsp3) is 0.519. The number of likely N-dealkylation sites (tertiary alicyclic amines) is 2. The van der Waals surface area contributed by atoms with Crippen molar-refractivity contribution < 1.29 is 9.63 Å². The Morgan fingerprint density at radius 3 is 2.29 bits per heavy atom. The Labute approximate surface area is 207 Å². The summed E-state index contributed by atoms with van der Waals surface area (Å²) in [4.78, 5) is 27.0. The van der Waals surface area contributed by atoms with Gasteiger partial charge in [0.05, 0.1) is 5.71 Å². The summed E-state index contributed by atoms with van der Waals surface area (Å²) < 4.78 is 0. The van der Waals surface area contributed by atoms with Gasteiger partial charge in [0.1, 0.15) is 7.11 Å². The number of hydrogen-bond acceptors (Lipinski definition) is 5. The first-order valence-electron chi connectivity index (χ1n) is 12.4. The Bertz CT molecular complexity index is 935. The van der Waals surface area contributed by atoms with Crippen LogP contribution in [-0.4, -0.2) is 66.2 Å². The third-order valence-corrected chi connectivity index (χ3v) is 7.40. The van der Waals surface area contributed by atoms with Crippen molar-refractivity contribution in [2.45, 2.75) is 38.5 Å². The summed E-state index contributed by atoms with van der Waals surface area (Å²) >= 11 is 6.05. The number of pyridine rings is 1. The number of piperidine rings is 2. The Kier molecular flexibility index (Phi) is 8.94. The zero-order valence-corrected chi connectivity index (χ0v) is 20.8. The Morgan fingerprint density at radius 1 is 1.00 bits per heavy atom. The predicted octanol–water partition coefficient (Wildman–Crippen LogP) is 4.67. The molecular formula is C27H35ClN4O2. The molecule has 2 fully saturated rings. The lowest BCUT2D eigenvalue weighted by atomic mass is 9.87. The smallest absolute Gasteiger partial charge is 0.225 e. The SMILES string of the molecule is CO/N=C(/c1ccc(Cl)cc1)C1CCN(C(=O)C2CCN(CCCc3ccncc3)CC2)CC1. The number of benzene rings is 1. The molecule has 2 saturated heterocycles. The summed E-state index contributed by atoms with van der Waals surface area (Å²) in [7, 11) is 1.58. The van der Waals surface area contributed by atoms with Crippen LogP contribution in [0.15, 0.2) is 53.9 Å². The topological polar surface area (TPSA) is 58.0 Å². The first kappa shape index (κ1) is 24.7. The maximum absolute atomic E-state index is 13.2. The van der Waals surface area contributed by atoms with Crippen molar-refractivity contribution in [1.82, 2.24) is 14.8 Å². The van der Waals surface area contributed by atoms with Gasteiger partial charge in [0.2, 0.25) is 5.91 Å². The lowest BCUT2D eigenvalue weighted by molar-refractivity contribution is -0.138. The summed E-state index contributed by atoms with van der Waals surface area (Å²) in [5.74, 6) is 0.787. The van der Waals surface area contributed by atoms with Crippen molar-refractivity contribution in [3.8, 4) is 0 Å². The molecule has 2 aliphatic rings. The molecule has 0 N–H and O–H groups in total. The van der Waals surface area contributed by atoms with Crippen LogP contribution in [0.3, 0.4) is 0 Å². The maximum Gasteiger partial charge on any atom is 0.225 e. The number of aryl methyl sites for hydroxylation is 1. The minimum atomic E-state index is 0.163. The van der Waals surface area contributed by atoms with E-state index >= 15 is 0 Å². The summed E-state index contributed by atoms with van der Waals surface area (Å²) in [5.41, 5.74) is 3.33. The normalized spacial score (nSPS) is 18.8. The standard InChI is InChI=1S/C27H35ClN4O2/c1-34-30-26(22-4-6-25(28)7-5-22)23-12-19-32(20-13-23)27(33)24-10-17-31(18-11-24)16-2-3-21-8-14-29-15-9-21/h4-9,14-15,23-24H,2-3,10-13,16-20H2,1H3/b30-26-. The molecule has 0 atom stereocenters. The first-order chi connectivity index (χ1) is 16.6. The van der Waals surface area contributed by atoms with Crippen LogP contribution in [0.1, 0.15) is 43.2 Å². The van der Waals surface area contributed by atoms with Gasteiger partial charge in [-0.05, 0) is 93.6 Å². The van der Waals surface area contributed by atoms with E-state index in [9.17, 15) is 4.79 Å². The van der Waals surface area contributed by atoms with Gasteiger partial charge in [-0.3, -0.25) is 9.78 Å². The maximum atomic E-state index is 13.2. The second-order valence-corrected chi connectivity index (χ2v) is 9.78. The van der Waals surface area contributed by atoms with E-state index in [2.05, 4.69) is 32.1 Å². The van der Waals surface area contributed by atoms with Gasteiger partial charge < -0.3 is 14.6 Å². The predicted molar refractivity (Wildman–Crippen MR) is 136 cm³/mol. The zero-order valence-electron chi connectivity index (χ0n) is 20.0. The molecule has 34 heavy (non-hydrogen) atoms. The molecule has 182 valence electrons. The Balaban J connectivity index is 1.21. The summed E-state index contributed by atoms with van der Waals surface area (Å²) in [6.07, 6.45) is 9.70. The number of oxime groups is 1. The number of hydrogen-bond donors (Lipinski definition) is 0. The van der Waals surface area contributed by atoms with Crippen molar-refractivity contribution in [3.63, 3.8) is 0 Å². The second-order valence-electron chi connectivity index (χ2n) is 9.34. The van der Waals surface area contributed by atoms with Crippen molar-refractivity contribution in [2.75, 3.05) is 39.8 Å². The van der Waals surface area contributed by atoms with Crippen LogP contribution in [0.2, 0.25) is 5.02 Å². The summed E-state index contributed by atoms with van der Waals surface area (Å²) in [6, 6.07) is 11.9. The minimum absolute atomic E-state index is 0.163. The molecule has 1 amide bonds. The average Bonchev–Trinajstić information content (AvgIpc) is 2.89. The Hall–Kier alpha value is -2.44. The minimum Gasteiger partial charge on any atom is -0.399 e. The molecule has 3 heterocycles. The lowest BCUT2D eigenvalue weighted by Crippen LogP contribution is -2.46. The first-order valence-corrected chi connectivity index (χ1v) is 12.8. The lowest BCUT2D eigenvalue weighted by Gasteiger charge is -2.37. The molecular weight excluding hydrogens is 448 g/mol. The van der Waals surface area contributed by atoms with Gasteiger partial charge >= 0.3 is 0 Å². The number of amides is 1. The molecule has 6 nitrogen and oxygen atoms in total. The average molecular weight is 483 g/mol. The molecule has 7 heteroatoms. The highest BCUT2D eigenvalue weighted by Crippen LogP contribution is 2.27. The molecule has 0 unspecified atom stereocenters. The van der Waals surface area contributed by atoms with Gasteiger partial charge in [-0.1, -0.05) is 28.9 Å². The fourth-order valence-electron chi connectivity index (χ4n) is 5.17. The molecule has 2 aliphatic heterocycles. The highest BCUT2D eigenvalue weighted by molar-refractivity contribution is 6.30. The van der Waals surface area contributed by atoms with Crippen molar-refractivity contribution in [1.29, 1.82) is 0 Å². The van der Waals surface area contributed by atoms with Crippen molar-refractivity contribution in [3.05, 3.63) is 64.9 Å². The van der Waals surface area contributed by atoms with Gasteiger partial charge in [-0.2, -0.15) is 0 Å². The summed E-state index contributed by atoms with van der Waals surface area (Å²) in [5, 5.41) is 5.03. The van der Waals surface area contributed by atoms with E-state index in [-0.39, 0.29) is 11.8 Å². The van der Waals surface area contributed by atoms with Gasteiger partial charge in [0.25, 0.3) is 0 Å². The van der Waals surface area contributed by atoms with E-state index in [1.807, 2.05) is 36.7 Å². The number of carbonyl (C=O) groups is 1. The fourth-order valence-corrected chi connectivity index (χ4v) is 5.30. The number of aromatic nitrogens is 1. The number of nitrogens with zero attached hydrogens (tertiary/aromatic N) is 4. The van der Waals surface area contributed by atoms with E-state index in [0.717, 1.165) is 82.5 Å². The van der Waals surface area contributed by atoms with E-state index in [1.165, 1.54) is 5.56 Å². The van der Waals surface area contributed by atoms with Crippen molar-refractivity contribution in [2.24, 2.45) is 17.0 Å². The molecule has 0 radical (unpaired) electrons. The molecule has 0 bridgehead atoms. The van der Waals surface area contributed by atoms with Crippen LogP contribution < -0.4 is 0 Å². The van der Waals surface area contributed by atoms with Gasteiger partial charge in [0, 0.05) is 42.3 Å². The van der Waals surface area contributed by atoms with E-state index in [0.29, 0.717) is 10.9 Å². The molecule has 0 saturated carbocycles. The van der Waals surface area contributed by atoms with Crippen LogP contribution in [0.4, 0.5) is 0 Å². The van der Waals surface area contributed by atoms with Gasteiger partial charge in [-0.25, -0.2) is 0 Å². The quantitative estimate of drug-likeness (QED) is 0.405. The van der Waals surface area contributed by atoms with Gasteiger partial charge in [0.15, 0.2) is 0 Å². The van der Waals surface area contributed by atoms with Crippen LogP contribution >= 0.6 is 11.6 Å². The molecule has 0 aliphatic carbocycles. The number of rotatable bonds is 8. The number of halogens is 1. The Morgan fingerprint density at radius 2 is 1.65 bits per heavy atom. The van der Waals surface area contributed by atoms with Crippen LogP contribution in [-0.2, 0) is 16.1 Å². The third-order valence-electron chi connectivity index (χ3n) is 7.15. The zero-order chi connectivity index (χ0) is 23.8. The van der Waals surface area contributed by atoms with E-state index in [4.69, 9.17) is 16.4 Å². The van der Waals surface area contributed by atoms with Crippen LogP contribution in [0, 0.1) is 11.8 Å². The highest BCUT2D eigenvalue weighted by atomic mass is 35.5.